The lowest BCUT2D eigenvalue weighted by atomic mass is 10.00. The average molecular weight is 523 g/mol. The number of benzene rings is 1. The molecule has 0 spiro atoms. The zero-order chi connectivity index (χ0) is 27.0. The number of aromatic nitrogens is 2. The molecule has 5 rings (SSSR count). The molecule has 1 saturated heterocycles. The summed E-state index contributed by atoms with van der Waals surface area (Å²) in [4.78, 5) is 45.5. The van der Waals surface area contributed by atoms with E-state index >= 15 is 0 Å². The first-order valence-electron chi connectivity index (χ1n) is 12.9. The third-order valence-electron chi connectivity index (χ3n) is 7.63. The minimum Gasteiger partial charge on any atom is -0.475 e. The number of anilines is 2. The second-order valence-corrected chi connectivity index (χ2v) is 10.1. The number of ether oxygens (including phenoxy) is 1. The van der Waals surface area contributed by atoms with Gasteiger partial charge in [-0.05, 0) is 55.0 Å². The van der Waals surface area contributed by atoms with E-state index in [0.29, 0.717) is 11.5 Å². The van der Waals surface area contributed by atoms with Gasteiger partial charge in [0.25, 0.3) is 5.91 Å². The first-order valence-corrected chi connectivity index (χ1v) is 12.9. The number of carbonyl (C=O) groups is 2. The summed E-state index contributed by atoms with van der Waals surface area (Å²) < 4.78 is 5.46. The van der Waals surface area contributed by atoms with Gasteiger partial charge < -0.3 is 29.4 Å². The van der Waals surface area contributed by atoms with Gasteiger partial charge in [0, 0.05) is 65.2 Å². The van der Waals surface area contributed by atoms with Crippen LogP contribution in [0.1, 0.15) is 46.8 Å². The number of hydrogen-bond donors (Lipinski definition) is 1. The zero-order valence-electron chi connectivity index (χ0n) is 22.2. The highest BCUT2D eigenvalue weighted by Gasteiger charge is 2.40. The van der Waals surface area contributed by atoms with Crippen LogP contribution in [0.25, 0.3) is 0 Å². The molecule has 38 heavy (non-hydrogen) atoms. The van der Waals surface area contributed by atoms with Crippen LogP contribution in [0.5, 0.6) is 0 Å². The van der Waals surface area contributed by atoms with Crippen molar-refractivity contribution in [3.05, 3.63) is 59.0 Å². The Morgan fingerprint density at radius 2 is 1.89 bits per heavy atom. The van der Waals surface area contributed by atoms with Crippen LogP contribution in [0.2, 0.25) is 0 Å². The van der Waals surface area contributed by atoms with Crippen molar-refractivity contribution in [2.24, 2.45) is 0 Å². The van der Waals surface area contributed by atoms with Crippen LogP contribution in [-0.2, 0) is 20.8 Å². The van der Waals surface area contributed by atoms with Crippen molar-refractivity contribution in [3.63, 3.8) is 0 Å². The number of carboxylic acid groups (broad SMARTS) is 1. The molecule has 3 heterocycles. The molecule has 1 fully saturated rings. The van der Waals surface area contributed by atoms with Crippen LogP contribution >= 0.6 is 0 Å². The fraction of sp³-hybridized carbons (Fsp3) is 0.481. The van der Waals surface area contributed by atoms with Gasteiger partial charge in [0.1, 0.15) is 5.82 Å². The van der Waals surface area contributed by atoms with E-state index in [1.807, 2.05) is 55.2 Å². The van der Waals surface area contributed by atoms with E-state index in [0.717, 1.165) is 55.7 Å². The van der Waals surface area contributed by atoms with Crippen molar-refractivity contribution in [3.8, 4) is 0 Å². The molecule has 0 radical (unpaired) electrons. The molecular formula is C27H34N6O5. The minimum atomic E-state index is -1.14. The van der Waals surface area contributed by atoms with Crippen LogP contribution in [0, 0.1) is 0 Å². The van der Waals surface area contributed by atoms with Crippen LogP contribution in [0.3, 0.4) is 0 Å². The Balaban J connectivity index is 1.26. The Hall–Kier alpha value is -3.70. The number of carbonyl (C=O) groups excluding carboxylic acids is 1. The summed E-state index contributed by atoms with van der Waals surface area (Å²) in [7, 11) is 7.23. The fourth-order valence-corrected chi connectivity index (χ4v) is 5.48. The molecule has 1 aromatic heterocycles. The topological polar surface area (TPSA) is 112 Å². The van der Waals surface area contributed by atoms with Gasteiger partial charge in [-0.3, -0.25) is 4.79 Å². The maximum atomic E-state index is 13.5. The number of fused-ring (bicyclic) bond motifs is 1. The Kier molecular flexibility index (Phi) is 7.22. The van der Waals surface area contributed by atoms with Crippen LogP contribution < -0.4 is 9.80 Å². The predicted molar refractivity (Wildman–Crippen MR) is 141 cm³/mol. The molecule has 3 aliphatic rings. The number of hydrogen-bond acceptors (Lipinski definition) is 9. The molecule has 1 N–H and O–H groups in total. The highest BCUT2D eigenvalue weighted by atomic mass is 16.7. The van der Waals surface area contributed by atoms with E-state index in [-0.39, 0.29) is 23.8 Å². The molecule has 1 aromatic carbocycles. The third kappa shape index (κ3) is 4.91. The highest BCUT2D eigenvalue weighted by Crippen LogP contribution is 2.40. The number of amides is 1. The summed E-state index contributed by atoms with van der Waals surface area (Å²) in [5.41, 5.74) is 2.72. The first kappa shape index (κ1) is 25.9. The molecule has 2 aliphatic heterocycles. The van der Waals surface area contributed by atoms with Gasteiger partial charge in [0.2, 0.25) is 11.7 Å². The van der Waals surface area contributed by atoms with Gasteiger partial charge in [-0.15, -0.1) is 5.06 Å². The lowest BCUT2D eigenvalue weighted by Gasteiger charge is -2.37. The van der Waals surface area contributed by atoms with E-state index < -0.39 is 12.2 Å². The summed E-state index contributed by atoms with van der Waals surface area (Å²) in [6.07, 6.45) is 5.89. The van der Waals surface area contributed by atoms with E-state index in [9.17, 15) is 14.7 Å². The van der Waals surface area contributed by atoms with Crippen molar-refractivity contribution in [2.75, 3.05) is 51.1 Å². The average Bonchev–Trinajstić information content (AvgIpc) is 3.56. The molecule has 2 aromatic rings. The van der Waals surface area contributed by atoms with E-state index in [1.165, 1.54) is 13.2 Å². The van der Waals surface area contributed by atoms with Crippen molar-refractivity contribution < 1.29 is 24.3 Å². The van der Waals surface area contributed by atoms with E-state index in [2.05, 4.69) is 14.9 Å². The SMILES string of the molecule is COC1C=C(C(=O)O)ON1[C@@H]1CCc2ccc(C(=O)N(C)C3CCN(c4ccnc(N(C)C)n4)CC3)cc21. The number of piperidine rings is 1. The van der Waals surface area contributed by atoms with Crippen molar-refractivity contribution in [2.45, 2.75) is 44.0 Å². The van der Waals surface area contributed by atoms with Gasteiger partial charge in [-0.1, -0.05) is 6.07 Å². The third-order valence-corrected chi connectivity index (χ3v) is 7.63. The van der Waals surface area contributed by atoms with Crippen LogP contribution in [0.15, 0.2) is 42.3 Å². The number of nitrogens with zero attached hydrogens (tertiary/aromatic N) is 6. The predicted octanol–water partition coefficient (Wildman–Crippen LogP) is 2.46. The standard InChI is InChI=1S/C27H34N6O5/c1-30(2)27-28-12-9-23(29-27)32-13-10-19(11-14-32)31(3)25(34)18-6-5-17-7-8-21(20(17)15-18)33-24(37-4)16-22(38-33)26(35)36/h5-6,9,12,15-16,19,21,24H,7-8,10-11,13-14H2,1-4H3,(H,35,36)/t21-,24?/m1/s1. The van der Waals surface area contributed by atoms with Crippen LogP contribution in [-0.4, -0.2) is 90.5 Å². The van der Waals surface area contributed by atoms with Crippen LogP contribution in [0.4, 0.5) is 11.8 Å². The molecule has 2 atom stereocenters. The molecule has 202 valence electrons. The number of aliphatic carboxylic acids is 1. The Morgan fingerprint density at radius 1 is 1.13 bits per heavy atom. The van der Waals surface area contributed by atoms with Gasteiger partial charge in [0.15, 0.2) is 6.23 Å². The monoisotopic (exact) mass is 522 g/mol. The summed E-state index contributed by atoms with van der Waals surface area (Å²) in [5, 5.41) is 10.9. The number of aryl methyl sites for hydroxylation is 1. The fourth-order valence-electron chi connectivity index (χ4n) is 5.48. The smallest absolute Gasteiger partial charge is 0.373 e. The molecular weight excluding hydrogens is 488 g/mol. The molecule has 0 saturated carbocycles. The van der Waals surface area contributed by atoms with Crippen molar-refractivity contribution >= 4 is 23.6 Å². The summed E-state index contributed by atoms with van der Waals surface area (Å²) >= 11 is 0. The maximum absolute atomic E-state index is 13.5. The summed E-state index contributed by atoms with van der Waals surface area (Å²) in [6, 6.07) is 7.66. The minimum absolute atomic E-state index is 0.0242. The van der Waals surface area contributed by atoms with Crippen molar-refractivity contribution in [1.82, 2.24) is 19.9 Å². The lowest BCUT2D eigenvalue weighted by molar-refractivity contribution is -0.212. The first-order chi connectivity index (χ1) is 18.3. The van der Waals surface area contributed by atoms with Gasteiger partial charge in [-0.25, -0.2) is 9.78 Å². The largest absolute Gasteiger partial charge is 0.475 e. The molecule has 11 nitrogen and oxygen atoms in total. The number of hydroxylamine groups is 2. The number of rotatable bonds is 7. The lowest BCUT2D eigenvalue weighted by Crippen LogP contribution is -2.46. The van der Waals surface area contributed by atoms with Gasteiger partial charge >= 0.3 is 5.97 Å². The maximum Gasteiger partial charge on any atom is 0.373 e. The Bertz CT molecular complexity index is 1240. The Labute approximate surface area is 222 Å². The summed E-state index contributed by atoms with van der Waals surface area (Å²) in [5.74, 6) is 0.271. The Morgan fingerprint density at radius 3 is 2.58 bits per heavy atom. The molecule has 11 heteroatoms. The van der Waals surface area contributed by atoms with Gasteiger partial charge in [-0.2, -0.15) is 4.98 Å². The normalized spacial score (nSPS) is 21.6. The second kappa shape index (κ2) is 10.6. The van der Waals surface area contributed by atoms with Gasteiger partial charge in [0.05, 0.1) is 6.04 Å². The molecule has 1 unspecified atom stereocenters. The summed E-state index contributed by atoms with van der Waals surface area (Å²) in [6.45, 7) is 1.62. The van der Waals surface area contributed by atoms with E-state index in [4.69, 9.17) is 9.57 Å². The second-order valence-electron chi connectivity index (χ2n) is 10.1. The quantitative estimate of drug-likeness (QED) is 0.582. The highest BCUT2D eigenvalue weighted by molar-refractivity contribution is 5.94. The molecule has 0 bridgehead atoms. The van der Waals surface area contributed by atoms with E-state index in [1.54, 1.807) is 11.3 Å². The zero-order valence-corrected chi connectivity index (χ0v) is 22.2. The number of methoxy groups -OCH3 is 1. The number of carboxylic acids is 1. The van der Waals surface area contributed by atoms with Crippen molar-refractivity contribution in [1.29, 1.82) is 0 Å². The molecule has 1 amide bonds. The molecule has 1 aliphatic carbocycles.